The highest BCUT2D eigenvalue weighted by Crippen LogP contribution is 2.36. The Labute approximate surface area is 222 Å². The number of hydrogen-bond acceptors (Lipinski definition) is 5. The monoisotopic (exact) mass is 539 g/mol. The summed E-state index contributed by atoms with van der Waals surface area (Å²) >= 11 is 18.1. The van der Waals surface area contributed by atoms with Crippen LogP contribution in [0.3, 0.4) is 0 Å². The van der Waals surface area contributed by atoms with Crippen molar-refractivity contribution in [2.45, 2.75) is 19.6 Å². The third-order valence-electron chi connectivity index (χ3n) is 5.70. The fourth-order valence-electron chi connectivity index (χ4n) is 4.00. The van der Waals surface area contributed by atoms with Gasteiger partial charge in [-0.3, -0.25) is 4.79 Å². The van der Waals surface area contributed by atoms with Crippen LogP contribution in [0.15, 0.2) is 84.3 Å². The lowest BCUT2D eigenvalue weighted by Gasteiger charge is -2.29. The number of carbonyl (C=O) groups excluding carboxylic acids is 1. The molecule has 4 aromatic rings. The second-order valence-corrected chi connectivity index (χ2v) is 9.42. The molecule has 10 heteroatoms. The normalized spacial score (nSPS) is 14.7. The van der Waals surface area contributed by atoms with Gasteiger partial charge in [-0.05, 0) is 66.6 Å². The van der Waals surface area contributed by atoms with E-state index in [0.717, 1.165) is 11.1 Å². The summed E-state index contributed by atoms with van der Waals surface area (Å²) in [5, 5.41) is 12.1. The number of carbonyl (C=O) groups is 1. The third-order valence-corrected chi connectivity index (χ3v) is 6.70. The molecular weight excluding hydrogens is 521 g/mol. The Morgan fingerprint density at radius 1 is 1.06 bits per heavy atom. The van der Waals surface area contributed by atoms with Crippen molar-refractivity contribution in [3.05, 3.63) is 111 Å². The van der Waals surface area contributed by atoms with E-state index in [4.69, 9.17) is 39.5 Å². The van der Waals surface area contributed by atoms with Crippen molar-refractivity contribution in [1.82, 2.24) is 14.8 Å². The van der Waals surface area contributed by atoms with Crippen LogP contribution < -0.4 is 15.4 Å². The highest BCUT2D eigenvalue weighted by atomic mass is 35.5. The highest BCUT2D eigenvalue weighted by Gasteiger charge is 2.33. The van der Waals surface area contributed by atoms with Gasteiger partial charge < -0.3 is 15.4 Å². The molecule has 0 unspecified atom stereocenters. The van der Waals surface area contributed by atoms with Crippen molar-refractivity contribution in [3.63, 3.8) is 0 Å². The van der Waals surface area contributed by atoms with Crippen molar-refractivity contribution in [3.8, 4) is 5.75 Å². The third kappa shape index (κ3) is 5.04. The maximum absolute atomic E-state index is 13.5. The lowest BCUT2D eigenvalue weighted by Crippen LogP contribution is -2.31. The minimum Gasteiger partial charge on any atom is -0.489 e. The van der Waals surface area contributed by atoms with Crippen LogP contribution in [-0.4, -0.2) is 20.7 Å². The second-order valence-electron chi connectivity index (χ2n) is 8.17. The minimum absolute atomic E-state index is 0.268. The van der Waals surface area contributed by atoms with Gasteiger partial charge in [0.25, 0.3) is 5.91 Å². The zero-order chi connectivity index (χ0) is 25.2. The number of allylic oxidation sites excluding steroid dienone is 1. The minimum atomic E-state index is -0.524. The van der Waals surface area contributed by atoms with E-state index in [0.29, 0.717) is 50.3 Å². The largest absolute Gasteiger partial charge is 0.489 e. The van der Waals surface area contributed by atoms with Gasteiger partial charge in [-0.1, -0.05) is 53.0 Å². The zero-order valence-corrected chi connectivity index (χ0v) is 21.3. The first-order chi connectivity index (χ1) is 17.4. The Kier molecular flexibility index (Phi) is 6.87. The molecule has 0 aliphatic carbocycles. The van der Waals surface area contributed by atoms with Gasteiger partial charge >= 0.3 is 0 Å². The molecule has 1 aromatic heterocycles. The van der Waals surface area contributed by atoms with E-state index in [-0.39, 0.29) is 5.91 Å². The number of nitrogens with one attached hydrogen (secondary N) is 2. The van der Waals surface area contributed by atoms with E-state index >= 15 is 0 Å². The number of fused-ring (bicyclic) bond motifs is 1. The molecule has 1 aliphatic rings. The number of nitrogens with zero attached hydrogens (tertiary/aromatic N) is 3. The number of rotatable bonds is 6. The molecule has 0 spiro atoms. The second kappa shape index (κ2) is 10.2. The lowest BCUT2D eigenvalue weighted by molar-refractivity contribution is -0.113. The van der Waals surface area contributed by atoms with Gasteiger partial charge in [0.15, 0.2) is 0 Å². The molecule has 0 fully saturated rings. The van der Waals surface area contributed by atoms with E-state index in [1.54, 1.807) is 41.1 Å². The Hall–Kier alpha value is -3.52. The number of ether oxygens (including phenoxy) is 1. The van der Waals surface area contributed by atoms with Crippen LogP contribution >= 0.6 is 34.8 Å². The number of benzene rings is 3. The topological polar surface area (TPSA) is 81.1 Å². The summed E-state index contributed by atoms with van der Waals surface area (Å²) in [6, 6.07) is 19.3. The summed E-state index contributed by atoms with van der Waals surface area (Å²) in [5.74, 6) is 0.909. The zero-order valence-electron chi connectivity index (χ0n) is 19.0. The summed E-state index contributed by atoms with van der Waals surface area (Å²) in [5.41, 5.74) is 3.51. The predicted octanol–water partition coefficient (Wildman–Crippen LogP) is 6.74. The molecule has 0 saturated carbocycles. The van der Waals surface area contributed by atoms with E-state index in [2.05, 4.69) is 20.7 Å². The summed E-state index contributed by atoms with van der Waals surface area (Å²) in [4.78, 5) is 17.8. The first-order valence-electron chi connectivity index (χ1n) is 11.0. The first-order valence-corrected chi connectivity index (χ1v) is 12.1. The fraction of sp³-hybridized carbons (Fsp3) is 0.115. The van der Waals surface area contributed by atoms with Crippen molar-refractivity contribution in [2.24, 2.45) is 0 Å². The van der Waals surface area contributed by atoms with Crippen molar-refractivity contribution >= 4 is 52.3 Å². The molecule has 1 atom stereocenters. The van der Waals surface area contributed by atoms with Crippen molar-refractivity contribution in [2.75, 3.05) is 10.6 Å². The predicted molar refractivity (Wildman–Crippen MR) is 142 cm³/mol. The molecule has 0 saturated heterocycles. The molecule has 3 aromatic carbocycles. The molecule has 1 amide bonds. The van der Waals surface area contributed by atoms with Gasteiger partial charge in [-0.2, -0.15) is 10.1 Å². The highest BCUT2D eigenvalue weighted by molar-refractivity contribution is 6.42. The number of amides is 1. The van der Waals surface area contributed by atoms with Crippen LogP contribution in [0.5, 0.6) is 5.75 Å². The Balaban J connectivity index is 1.44. The van der Waals surface area contributed by atoms with E-state index in [9.17, 15) is 4.79 Å². The molecule has 182 valence electrons. The number of halogens is 3. The summed E-state index contributed by atoms with van der Waals surface area (Å²) in [6.45, 7) is 2.15. The fourth-order valence-corrected chi connectivity index (χ4v) is 4.44. The molecule has 7 nitrogen and oxygen atoms in total. The Bertz CT molecular complexity index is 1470. The van der Waals surface area contributed by atoms with Gasteiger partial charge in [-0.15, -0.1) is 0 Å². The first kappa shape index (κ1) is 24.2. The Morgan fingerprint density at radius 2 is 1.86 bits per heavy atom. The molecule has 2 heterocycles. The molecule has 0 bridgehead atoms. The molecule has 5 rings (SSSR count). The van der Waals surface area contributed by atoms with Crippen LogP contribution in [0.1, 0.15) is 24.1 Å². The smallest absolute Gasteiger partial charge is 0.255 e. The summed E-state index contributed by atoms with van der Waals surface area (Å²) in [7, 11) is 0. The average Bonchev–Trinajstić information content (AvgIpc) is 3.33. The van der Waals surface area contributed by atoms with Gasteiger partial charge in [0, 0.05) is 16.4 Å². The van der Waals surface area contributed by atoms with Crippen LogP contribution in [0.25, 0.3) is 0 Å². The van der Waals surface area contributed by atoms with Gasteiger partial charge in [-0.25, -0.2) is 4.68 Å². The summed E-state index contributed by atoms with van der Waals surface area (Å²) < 4.78 is 7.71. The molecular formula is C26H20Cl3N5O2. The van der Waals surface area contributed by atoms with Crippen LogP contribution in [0.4, 0.5) is 11.6 Å². The molecule has 2 N–H and O–H groups in total. The maximum atomic E-state index is 13.5. The summed E-state index contributed by atoms with van der Waals surface area (Å²) in [6.07, 6.45) is 1.45. The maximum Gasteiger partial charge on any atom is 0.255 e. The quantitative estimate of drug-likeness (QED) is 0.283. The standard InChI is InChI=1S/C26H20Cl3N5O2/c1-15-23(25(35)33-19-8-6-18(27)7-9-19)24(34-26(32-15)30-14-31-34)17-3-2-4-20(12-17)36-13-16-5-10-21(28)22(29)11-16/h2-12,14,24H,13H2,1H3,(H,33,35)(H,30,31,32)/t24-/m0/s1. The van der Waals surface area contributed by atoms with Crippen LogP contribution in [-0.2, 0) is 11.4 Å². The molecule has 36 heavy (non-hydrogen) atoms. The average molecular weight is 541 g/mol. The van der Waals surface area contributed by atoms with E-state index < -0.39 is 6.04 Å². The molecule has 1 aliphatic heterocycles. The Morgan fingerprint density at radius 3 is 2.64 bits per heavy atom. The van der Waals surface area contributed by atoms with Crippen molar-refractivity contribution in [1.29, 1.82) is 0 Å². The SMILES string of the molecule is CC1=C(C(=O)Nc2ccc(Cl)cc2)[C@H](c2cccc(OCc3ccc(Cl)c(Cl)c3)c2)n2ncnc2N1. The number of anilines is 2. The van der Waals surface area contributed by atoms with Crippen molar-refractivity contribution < 1.29 is 9.53 Å². The lowest BCUT2D eigenvalue weighted by atomic mass is 9.95. The van der Waals surface area contributed by atoms with Crippen LogP contribution in [0.2, 0.25) is 15.1 Å². The van der Waals surface area contributed by atoms with Gasteiger partial charge in [0.1, 0.15) is 24.7 Å². The van der Waals surface area contributed by atoms with Gasteiger partial charge in [0.05, 0.1) is 15.6 Å². The van der Waals surface area contributed by atoms with E-state index in [1.807, 2.05) is 37.3 Å². The number of hydrogen-bond donors (Lipinski definition) is 2. The van der Waals surface area contributed by atoms with Gasteiger partial charge in [0.2, 0.25) is 5.95 Å². The van der Waals surface area contributed by atoms with Crippen LogP contribution in [0, 0.1) is 0 Å². The molecule has 0 radical (unpaired) electrons. The number of aromatic nitrogens is 3. The van der Waals surface area contributed by atoms with E-state index in [1.165, 1.54) is 6.33 Å².